The Hall–Kier alpha value is -4.15. The second-order valence-electron chi connectivity index (χ2n) is 6.75. The number of nitrogens with zero attached hydrogens (tertiary/aromatic N) is 3. The quantitative estimate of drug-likeness (QED) is 0.225. The zero-order valence-corrected chi connectivity index (χ0v) is 17.3. The number of anilines is 2. The smallest absolute Gasteiger partial charge is 0.296 e. The summed E-state index contributed by atoms with van der Waals surface area (Å²) in [6.45, 7) is 0. The minimum Gasteiger partial charge on any atom is -0.396 e. The number of Topliss-reactive ketones (excluding diaryl/α,β-unsaturated/α-hetero) is 1. The predicted molar refractivity (Wildman–Crippen MR) is 122 cm³/mol. The Kier molecular flexibility index (Phi) is 5.63. The lowest BCUT2D eigenvalue weighted by Crippen LogP contribution is -2.21. The number of benzene rings is 3. The molecule has 160 valence electrons. The Morgan fingerprint density at radius 1 is 0.906 bits per heavy atom. The highest BCUT2D eigenvalue weighted by Crippen LogP contribution is 2.39. The number of hydrazone groups is 1. The van der Waals surface area contributed by atoms with Crippen molar-refractivity contribution in [3.8, 4) is 0 Å². The van der Waals surface area contributed by atoms with Crippen molar-refractivity contribution in [2.45, 2.75) is 4.90 Å². The number of fused-ring (bicyclic) bond motifs is 1. The van der Waals surface area contributed by atoms with Gasteiger partial charge in [0.1, 0.15) is 16.3 Å². The Bertz CT molecular complexity index is 1380. The van der Waals surface area contributed by atoms with Crippen LogP contribution in [0.15, 0.2) is 93.0 Å². The van der Waals surface area contributed by atoms with E-state index in [1.807, 2.05) is 18.2 Å². The molecule has 0 fully saturated rings. The number of nitrogen functional groups attached to an aromatic ring is 1. The van der Waals surface area contributed by atoms with Gasteiger partial charge in [0.2, 0.25) is 5.78 Å². The Balaban J connectivity index is 1.79. The molecule has 0 aromatic heterocycles. The lowest BCUT2D eigenvalue weighted by molar-refractivity contribution is 0.106. The molecule has 0 spiro atoms. The van der Waals surface area contributed by atoms with Crippen molar-refractivity contribution in [1.82, 2.24) is 0 Å². The van der Waals surface area contributed by atoms with Crippen LogP contribution in [-0.4, -0.2) is 24.5 Å². The van der Waals surface area contributed by atoms with Gasteiger partial charge in [0.25, 0.3) is 10.1 Å². The van der Waals surface area contributed by atoms with Crippen molar-refractivity contribution in [1.29, 1.82) is 0 Å². The van der Waals surface area contributed by atoms with Crippen LogP contribution in [0.2, 0.25) is 0 Å². The van der Waals surface area contributed by atoms with Crippen LogP contribution in [0.5, 0.6) is 0 Å². The van der Waals surface area contributed by atoms with Crippen LogP contribution < -0.4 is 11.2 Å². The first-order chi connectivity index (χ1) is 15.3. The number of nitrogens with two attached hydrogens (primary N) is 1. The summed E-state index contributed by atoms with van der Waals surface area (Å²) in [7, 11) is -4.69. The summed E-state index contributed by atoms with van der Waals surface area (Å²) < 4.78 is 33.6. The van der Waals surface area contributed by atoms with E-state index >= 15 is 0 Å². The van der Waals surface area contributed by atoms with E-state index in [-0.39, 0.29) is 28.2 Å². The predicted octanol–water partition coefficient (Wildman–Crippen LogP) is 4.61. The van der Waals surface area contributed by atoms with Gasteiger partial charge in [-0.25, -0.2) is 0 Å². The normalized spacial score (nSPS) is 14.7. The van der Waals surface area contributed by atoms with Crippen LogP contribution in [0.25, 0.3) is 6.08 Å². The lowest BCUT2D eigenvalue weighted by Gasteiger charge is -2.17. The minimum atomic E-state index is -4.69. The number of para-hydroxylation sites is 1. The third-order valence-electron chi connectivity index (χ3n) is 4.59. The van der Waals surface area contributed by atoms with Gasteiger partial charge in [0, 0.05) is 0 Å². The molecule has 32 heavy (non-hydrogen) atoms. The number of hydrogen-bond donors (Lipinski definition) is 3. The van der Waals surface area contributed by atoms with Gasteiger partial charge in [0.15, 0.2) is 0 Å². The average Bonchev–Trinajstić information content (AvgIpc) is 2.78. The Morgan fingerprint density at radius 2 is 1.56 bits per heavy atom. The molecule has 0 atom stereocenters. The lowest BCUT2D eigenvalue weighted by atomic mass is 9.92. The summed E-state index contributed by atoms with van der Waals surface area (Å²) in [4.78, 5) is 12.5. The zero-order valence-electron chi connectivity index (χ0n) is 16.5. The summed E-state index contributed by atoms with van der Waals surface area (Å²) in [5.41, 5.74) is 9.83. The summed E-state index contributed by atoms with van der Waals surface area (Å²) in [6, 6.07) is 18.7. The topological polar surface area (TPSA) is 147 Å². The maximum Gasteiger partial charge on any atom is 0.296 e. The van der Waals surface area contributed by atoms with E-state index in [9.17, 15) is 17.8 Å². The second-order valence-corrected chi connectivity index (χ2v) is 8.14. The molecule has 0 heterocycles. The molecule has 0 aliphatic heterocycles. The van der Waals surface area contributed by atoms with Crippen molar-refractivity contribution < 1.29 is 17.8 Å². The summed E-state index contributed by atoms with van der Waals surface area (Å²) in [6.07, 6.45) is 2.92. The molecule has 3 aromatic carbocycles. The minimum absolute atomic E-state index is 0.0236. The molecule has 0 bridgehead atoms. The SMILES string of the molecule is Nc1c(/N=N/c2ccccc2)c(S(=O)(=O)O)cc2c1C(=O)/C(=N\Nc1ccccc1)C=C2. The fraction of sp³-hybridized carbons (Fsp3) is 0. The van der Waals surface area contributed by atoms with Gasteiger partial charge in [-0.1, -0.05) is 42.5 Å². The molecule has 0 radical (unpaired) electrons. The van der Waals surface area contributed by atoms with Gasteiger partial charge in [0.05, 0.1) is 22.6 Å². The monoisotopic (exact) mass is 447 g/mol. The molecule has 1 aliphatic carbocycles. The standard InChI is InChI=1S/C22H17N5O4S/c23-20-19-14(11-12-17(22(19)28)26-24-15-7-3-1-4-8-15)13-18(32(29,30)31)21(20)27-25-16-9-5-2-6-10-16/h1-13,24H,23H2,(H,29,30,31)/b26-17-,27-25+. The number of hydrogen-bond acceptors (Lipinski definition) is 8. The van der Waals surface area contributed by atoms with Crippen LogP contribution in [0.4, 0.5) is 22.7 Å². The number of allylic oxidation sites excluding steroid dienone is 1. The molecular weight excluding hydrogens is 430 g/mol. The van der Waals surface area contributed by atoms with Crippen LogP contribution in [0, 0.1) is 0 Å². The number of carbonyl (C=O) groups is 1. The van der Waals surface area contributed by atoms with Crippen LogP contribution in [0.1, 0.15) is 15.9 Å². The first kappa shape index (κ1) is 21.1. The number of ketones is 1. The van der Waals surface area contributed by atoms with Gasteiger partial charge in [-0.3, -0.25) is 14.8 Å². The van der Waals surface area contributed by atoms with Gasteiger partial charge < -0.3 is 5.73 Å². The maximum absolute atomic E-state index is 13.1. The highest BCUT2D eigenvalue weighted by atomic mass is 32.2. The molecule has 0 saturated heterocycles. The van der Waals surface area contributed by atoms with E-state index in [4.69, 9.17) is 5.73 Å². The van der Waals surface area contributed by atoms with Crippen LogP contribution >= 0.6 is 0 Å². The van der Waals surface area contributed by atoms with Crippen molar-refractivity contribution in [2.24, 2.45) is 15.3 Å². The first-order valence-corrected chi connectivity index (χ1v) is 10.8. The van der Waals surface area contributed by atoms with Gasteiger partial charge >= 0.3 is 0 Å². The highest BCUT2D eigenvalue weighted by molar-refractivity contribution is 7.86. The van der Waals surface area contributed by atoms with Crippen LogP contribution in [0.3, 0.4) is 0 Å². The molecule has 10 heteroatoms. The molecule has 0 unspecified atom stereocenters. The van der Waals surface area contributed by atoms with E-state index in [0.717, 1.165) is 6.07 Å². The van der Waals surface area contributed by atoms with E-state index in [1.165, 1.54) is 12.2 Å². The molecule has 1 aliphatic rings. The highest BCUT2D eigenvalue weighted by Gasteiger charge is 2.29. The van der Waals surface area contributed by atoms with Crippen molar-refractivity contribution in [3.05, 3.63) is 83.9 Å². The molecule has 4 N–H and O–H groups in total. The van der Waals surface area contributed by atoms with Crippen LogP contribution in [-0.2, 0) is 10.1 Å². The zero-order chi connectivity index (χ0) is 22.7. The molecule has 0 amide bonds. The number of carbonyl (C=O) groups excluding carboxylic acids is 1. The molecule has 9 nitrogen and oxygen atoms in total. The fourth-order valence-electron chi connectivity index (χ4n) is 3.07. The molecule has 4 rings (SSSR count). The van der Waals surface area contributed by atoms with Crippen molar-refractivity contribution in [3.63, 3.8) is 0 Å². The molecule has 0 saturated carbocycles. The van der Waals surface area contributed by atoms with E-state index in [1.54, 1.807) is 42.5 Å². The summed E-state index contributed by atoms with van der Waals surface area (Å²) in [5, 5.41) is 12.0. The third-order valence-corrected chi connectivity index (χ3v) is 5.46. The average molecular weight is 447 g/mol. The van der Waals surface area contributed by atoms with Gasteiger partial charge in [-0.15, -0.1) is 5.11 Å². The fourth-order valence-corrected chi connectivity index (χ4v) is 3.74. The largest absolute Gasteiger partial charge is 0.396 e. The summed E-state index contributed by atoms with van der Waals surface area (Å²) >= 11 is 0. The molecular formula is C22H17N5O4S. The van der Waals surface area contributed by atoms with E-state index in [0.29, 0.717) is 11.4 Å². The van der Waals surface area contributed by atoms with E-state index < -0.39 is 20.8 Å². The van der Waals surface area contributed by atoms with E-state index in [2.05, 4.69) is 20.8 Å². The van der Waals surface area contributed by atoms with Gasteiger partial charge in [-0.2, -0.15) is 18.6 Å². The van der Waals surface area contributed by atoms with Gasteiger partial charge in [-0.05, 0) is 42.0 Å². The second kappa shape index (κ2) is 8.53. The number of nitrogens with one attached hydrogen (secondary N) is 1. The Labute approximate surface area is 183 Å². The number of azo groups is 1. The van der Waals surface area contributed by atoms with Crippen molar-refractivity contribution >= 4 is 50.4 Å². The Morgan fingerprint density at radius 3 is 2.22 bits per heavy atom. The summed E-state index contributed by atoms with van der Waals surface area (Å²) in [5.74, 6) is -0.526. The maximum atomic E-state index is 13.1. The first-order valence-electron chi connectivity index (χ1n) is 9.37. The number of rotatable bonds is 5. The molecule has 3 aromatic rings. The third kappa shape index (κ3) is 4.31. The van der Waals surface area contributed by atoms with Crippen molar-refractivity contribution in [2.75, 3.05) is 11.2 Å².